The molecule has 1 N–H and O–H groups in total. The SMILES string of the molecule is CC1(c2ccc3c(c2)OCCCO3)NC(=O)N(CCOc2ccccc2Cl)C1=O. The Balaban J connectivity index is 1.48. The van der Waals surface area contributed by atoms with Crippen molar-refractivity contribution in [1.29, 1.82) is 0 Å². The molecule has 0 radical (unpaired) electrons. The fourth-order valence-electron chi connectivity index (χ4n) is 3.38. The number of carbonyl (C=O) groups excluding carboxylic acids is 2. The lowest BCUT2D eigenvalue weighted by molar-refractivity contribution is -0.131. The minimum Gasteiger partial charge on any atom is -0.490 e. The molecular formula is C21H21ClN2O5. The van der Waals surface area contributed by atoms with Gasteiger partial charge in [0.15, 0.2) is 11.5 Å². The molecular weight excluding hydrogens is 396 g/mol. The van der Waals surface area contributed by atoms with Crippen molar-refractivity contribution in [3.8, 4) is 17.2 Å². The van der Waals surface area contributed by atoms with Crippen LogP contribution in [-0.4, -0.2) is 43.2 Å². The molecule has 2 aromatic rings. The quantitative estimate of drug-likeness (QED) is 0.756. The number of urea groups is 1. The lowest BCUT2D eigenvalue weighted by atomic mass is 9.91. The molecule has 0 spiro atoms. The minimum atomic E-state index is -1.19. The van der Waals surface area contributed by atoms with Crippen molar-refractivity contribution in [3.63, 3.8) is 0 Å². The van der Waals surface area contributed by atoms with Gasteiger partial charge in [-0.05, 0) is 36.8 Å². The Morgan fingerprint density at radius 3 is 2.69 bits per heavy atom. The van der Waals surface area contributed by atoms with E-state index in [0.717, 1.165) is 11.3 Å². The molecule has 2 aromatic carbocycles. The van der Waals surface area contributed by atoms with Crippen molar-refractivity contribution in [2.24, 2.45) is 0 Å². The second-order valence-corrected chi connectivity index (χ2v) is 7.41. The van der Waals surface area contributed by atoms with Crippen LogP contribution in [0.15, 0.2) is 42.5 Å². The molecule has 1 saturated heterocycles. The molecule has 2 heterocycles. The van der Waals surface area contributed by atoms with E-state index in [-0.39, 0.29) is 19.1 Å². The predicted molar refractivity (Wildman–Crippen MR) is 107 cm³/mol. The molecule has 2 aliphatic rings. The molecule has 7 nitrogen and oxygen atoms in total. The number of amides is 3. The highest BCUT2D eigenvalue weighted by molar-refractivity contribution is 6.32. The molecule has 4 rings (SSSR count). The molecule has 152 valence electrons. The first kappa shape index (κ1) is 19.4. The van der Waals surface area contributed by atoms with Gasteiger partial charge in [-0.3, -0.25) is 9.69 Å². The van der Waals surface area contributed by atoms with Crippen LogP contribution in [0.1, 0.15) is 18.9 Å². The summed E-state index contributed by atoms with van der Waals surface area (Å²) in [4.78, 5) is 26.7. The maximum Gasteiger partial charge on any atom is 0.325 e. The van der Waals surface area contributed by atoms with Crippen molar-refractivity contribution in [1.82, 2.24) is 10.2 Å². The average Bonchev–Trinajstić information content (AvgIpc) is 2.87. The number of carbonyl (C=O) groups is 2. The van der Waals surface area contributed by atoms with Gasteiger partial charge in [0.2, 0.25) is 0 Å². The number of nitrogens with zero attached hydrogens (tertiary/aromatic N) is 1. The summed E-state index contributed by atoms with van der Waals surface area (Å²) >= 11 is 6.07. The van der Waals surface area contributed by atoms with Crippen LogP contribution in [0.4, 0.5) is 4.79 Å². The summed E-state index contributed by atoms with van der Waals surface area (Å²) in [6.07, 6.45) is 0.788. The Morgan fingerprint density at radius 1 is 1.14 bits per heavy atom. The molecule has 0 aliphatic carbocycles. The van der Waals surface area contributed by atoms with Gasteiger partial charge in [-0.15, -0.1) is 0 Å². The lowest BCUT2D eigenvalue weighted by Gasteiger charge is -2.23. The second-order valence-electron chi connectivity index (χ2n) is 7.00. The van der Waals surface area contributed by atoms with E-state index < -0.39 is 11.6 Å². The number of fused-ring (bicyclic) bond motifs is 1. The van der Waals surface area contributed by atoms with Crippen LogP contribution in [0.2, 0.25) is 5.02 Å². The van der Waals surface area contributed by atoms with Crippen molar-refractivity contribution in [3.05, 3.63) is 53.1 Å². The van der Waals surface area contributed by atoms with Gasteiger partial charge in [0.25, 0.3) is 5.91 Å². The average molecular weight is 417 g/mol. The zero-order valence-corrected chi connectivity index (χ0v) is 16.7. The number of benzene rings is 2. The van der Waals surface area contributed by atoms with Crippen LogP contribution in [0, 0.1) is 0 Å². The van der Waals surface area contributed by atoms with Crippen molar-refractivity contribution in [2.45, 2.75) is 18.9 Å². The van der Waals surface area contributed by atoms with Gasteiger partial charge in [0.1, 0.15) is 17.9 Å². The highest BCUT2D eigenvalue weighted by atomic mass is 35.5. The van der Waals surface area contributed by atoms with Crippen LogP contribution in [0.5, 0.6) is 17.2 Å². The molecule has 1 unspecified atom stereocenters. The third kappa shape index (κ3) is 3.70. The summed E-state index contributed by atoms with van der Waals surface area (Å²) < 4.78 is 17.0. The molecule has 1 fully saturated rings. The Bertz CT molecular complexity index is 950. The molecule has 0 bridgehead atoms. The van der Waals surface area contributed by atoms with Crippen LogP contribution >= 0.6 is 11.6 Å². The number of nitrogens with one attached hydrogen (secondary N) is 1. The first-order valence-corrected chi connectivity index (χ1v) is 9.78. The van der Waals surface area contributed by atoms with Gasteiger partial charge in [-0.25, -0.2) is 4.79 Å². The lowest BCUT2D eigenvalue weighted by Crippen LogP contribution is -2.41. The zero-order valence-electron chi connectivity index (χ0n) is 15.9. The number of para-hydroxylation sites is 1. The fourth-order valence-corrected chi connectivity index (χ4v) is 3.57. The smallest absolute Gasteiger partial charge is 0.325 e. The van der Waals surface area contributed by atoms with Gasteiger partial charge in [0.05, 0.1) is 24.8 Å². The number of halogens is 1. The number of hydrogen-bond acceptors (Lipinski definition) is 5. The fraction of sp³-hybridized carbons (Fsp3) is 0.333. The van der Waals surface area contributed by atoms with E-state index in [4.69, 9.17) is 25.8 Å². The molecule has 1 atom stereocenters. The van der Waals surface area contributed by atoms with Crippen molar-refractivity contribution in [2.75, 3.05) is 26.4 Å². The Morgan fingerprint density at radius 2 is 1.90 bits per heavy atom. The first-order chi connectivity index (χ1) is 14.0. The Hall–Kier alpha value is -2.93. The molecule has 3 amide bonds. The van der Waals surface area contributed by atoms with Crippen molar-refractivity contribution >= 4 is 23.5 Å². The van der Waals surface area contributed by atoms with E-state index >= 15 is 0 Å². The summed E-state index contributed by atoms with van der Waals surface area (Å²) in [5.41, 5.74) is -0.554. The van der Waals surface area contributed by atoms with Gasteiger partial charge in [-0.2, -0.15) is 0 Å². The number of hydrogen-bond donors (Lipinski definition) is 1. The number of rotatable bonds is 5. The van der Waals surface area contributed by atoms with E-state index in [1.165, 1.54) is 0 Å². The van der Waals surface area contributed by atoms with Crippen LogP contribution in [0.3, 0.4) is 0 Å². The minimum absolute atomic E-state index is 0.107. The molecule has 2 aliphatic heterocycles. The largest absolute Gasteiger partial charge is 0.490 e. The maximum atomic E-state index is 13.1. The summed E-state index contributed by atoms with van der Waals surface area (Å²) in [6, 6.07) is 11.9. The van der Waals surface area contributed by atoms with E-state index in [1.54, 1.807) is 49.4 Å². The molecule has 0 aromatic heterocycles. The summed E-state index contributed by atoms with van der Waals surface area (Å²) in [5.74, 6) is 1.37. The summed E-state index contributed by atoms with van der Waals surface area (Å²) in [7, 11) is 0. The van der Waals surface area contributed by atoms with E-state index in [1.807, 2.05) is 0 Å². The van der Waals surface area contributed by atoms with E-state index in [2.05, 4.69) is 5.32 Å². The molecule has 29 heavy (non-hydrogen) atoms. The normalized spacial score (nSPS) is 21.0. The number of ether oxygens (including phenoxy) is 3. The maximum absolute atomic E-state index is 13.1. The summed E-state index contributed by atoms with van der Waals surface area (Å²) in [6.45, 7) is 3.05. The van der Waals surface area contributed by atoms with E-state index in [0.29, 0.717) is 41.0 Å². The first-order valence-electron chi connectivity index (χ1n) is 9.40. The van der Waals surface area contributed by atoms with Crippen LogP contribution in [-0.2, 0) is 10.3 Å². The summed E-state index contributed by atoms with van der Waals surface area (Å²) in [5, 5.41) is 3.26. The van der Waals surface area contributed by atoms with Crippen molar-refractivity contribution < 1.29 is 23.8 Å². The molecule has 8 heteroatoms. The van der Waals surface area contributed by atoms with Crippen LogP contribution in [0.25, 0.3) is 0 Å². The van der Waals surface area contributed by atoms with Gasteiger partial charge >= 0.3 is 6.03 Å². The number of imide groups is 1. The third-order valence-corrected chi connectivity index (χ3v) is 5.32. The van der Waals surface area contributed by atoms with E-state index in [9.17, 15) is 9.59 Å². The van der Waals surface area contributed by atoms with Gasteiger partial charge in [-0.1, -0.05) is 29.8 Å². The zero-order chi connectivity index (χ0) is 20.4. The second kappa shape index (κ2) is 7.83. The highest BCUT2D eigenvalue weighted by Gasteiger charge is 2.49. The van der Waals surface area contributed by atoms with Gasteiger partial charge in [0, 0.05) is 6.42 Å². The third-order valence-electron chi connectivity index (χ3n) is 5.01. The van der Waals surface area contributed by atoms with Crippen LogP contribution < -0.4 is 19.5 Å². The Kier molecular flexibility index (Phi) is 5.24. The predicted octanol–water partition coefficient (Wildman–Crippen LogP) is 3.35. The molecule has 0 saturated carbocycles. The van der Waals surface area contributed by atoms with Gasteiger partial charge < -0.3 is 19.5 Å². The Labute approximate surface area is 173 Å². The topological polar surface area (TPSA) is 77.1 Å². The monoisotopic (exact) mass is 416 g/mol. The standard InChI is InChI=1S/C21H21ClN2O5/c1-21(14-7-8-17-18(13-14)28-11-4-10-27-17)19(25)24(20(26)23-21)9-12-29-16-6-3-2-5-15(16)22/h2-3,5-8,13H,4,9-12H2,1H3,(H,23,26). The highest BCUT2D eigenvalue weighted by Crippen LogP contribution is 2.36.